The van der Waals surface area contributed by atoms with Gasteiger partial charge in [0, 0.05) is 68.2 Å². The van der Waals surface area contributed by atoms with E-state index in [-0.39, 0.29) is 17.5 Å². The largest absolute Gasteiger partial charge is 0.481 e. The summed E-state index contributed by atoms with van der Waals surface area (Å²) in [5, 5.41) is 21.1. The third kappa shape index (κ3) is 6.75. The number of carbonyl (C=O) groups is 2. The van der Waals surface area contributed by atoms with Gasteiger partial charge in [0.2, 0.25) is 11.8 Å². The van der Waals surface area contributed by atoms with Gasteiger partial charge in [-0.2, -0.15) is 5.10 Å². The first-order valence-corrected chi connectivity index (χ1v) is 14.9. The summed E-state index contributed by atoms with van der Waals surface area (Å²) in [4.78, 5) is 43.4. The van der Waals surface area contributed by atoms with Gasteiger partial charge in [0.05, 0.1) is 23.9 Å². The predicted octanol–water partition coefficient (Wildman–Crippen LogP) is 3.80. The van der Waals surface area contributed by atoms with Gasteiger partial charge in [-0.1, -0.05) is 48.0 Å². The summed E-state index contributed by atoms with van der Waals surface area (Å²) in [6.45, 7) is 4.70. The molecular weight excluding hydrogens is 596 g/mol. The lowest BCUT2D eigenvalue weighted by atomic mass is 9.96. The molecule has 1 saturated heterocycles. The number of anilines is 1. The predicted molar refractivity (Wildman–Crippen MR) is 172 cm³/mol. The number of likely N-dealkylation sites (tertiary alicyclic amines) is 1. The molecule has 234 valence electrons. The van der Waals surface area contributed by atoms with Crippen molar-refractivity contribution in [3.8, 4) is 28.3 Å². The number of pyridine rings is 1. The molecule has 1 aliphatic heterocycles. The Morgan fingerprint density at radius 2 is 1.82 bits per heavy atom. The number of benzene rings is 2. The summed E-state index contributed by atoms with van der Waals surface area (Å²) in [7, 11) is 3.04. The molecule has 5 rings (SSSR count). The minimum absolute atomic E-state index is 0.00875. The van der Waals surface area contributed by atoms with E-state index in [2.05, 4.69) is 15.7 Å². The van der Waals surface area contributed by atoms with Crippen LogP contribution in [-0.4, -0.2) is 68.9 Å². The second-order valence-corrected chi connectivity index (χ2v) is 11.3. The third-order valence-corrected chi connectivity index (χ3v) is 8.52. The van der Waals surface area contributed by atoms with Crippen molar-refractivity contribution in [2.45, 2.75) is 39.0 Å². The van der Waals surface area contributed by atoms with Crippen molar-refractivity contribution in [1.82, 2.24) is 25.0 Å². The van der Waals surface area contributed by atoms with Crippen LogP contribution in [0.15, 0.2) is 65.6 Å². The van der Waals surface area contributed by atoms with Crippen LogP contribution in [0.5, 0.6) is 5.88 Å². The number of aliphatic hydroxyl groups excluding tert-OH is 1. The fourth-order valence-corrected chi connectivity index (χ4v) is 5.82. The number of hydrogen-bond donors (Lipinski definition) is 3. The lowest BCUT2D eigenvalue weighted by Crippen LogP contribution is -2.53. The van der Waals surface area contributed by atoms with E-state index in [0.29, 0.717) is 53.9 Å². The summed E-state index contributed by atoms with van der Waals surface area (Å²) < 4.78 is 6.74. The summed E-state index contributed by atoms with van der Waals surface area (Å²) >= 11 is 7.00. The molecule has 0 aliphatic carbocycles. The van der Waals surface area contributed by atoms with E-state index in [1.54, 1.807) is 18.1 Å². The molecule has 12 heteroatoms. The molecule has 4 aromatic rings. The molecule has 0 unspecified atom stereocenters. The van der Waals surface area contributed by atoms with Crippen LogP contribution in [0.1, 0.15) is 34.8 Å². The van der Waals surface area contributed by atoms with Crippen molar-refractivity contribution in [3.63, 3.8) is 0 Å². The molecule has 3 heterocycles. The van der Waals surface area contributed by atoms with Gasteiger partial charge in [-0.25, -0.2) is 9.67 Å². The van der Waals surface area contributed by atoms with Gasteiger partial charge in [-0.3, -0.25) is 14.4 Å². The molecular formula is C33H35ClN6O5. The Hall–Kier alpha value is -4.58. The number of piperidine rings is 1. The van der Waals surface area contributed by atoms with E-state index in [9.17, 15) is 19.5 Å². The highest BCUT2D eigenvalue weighted by Crippen LogP contribution is 2.39. The Morgan fingerprint density at radius 3 is 2.56 bits per heavy atom. The summed E-state index contributed by atoms with van der Waals surface area (Å²) in [6, 6.07) is 16.2. The highest BCUT2D eigenvalue weighted by molar-refractivity contribution is 6.36. The first-order valence-electron chi connectivity index (χ1n) is 14.5. The summed E-state index contributed by atoms with van der Waals surface area (Å²) in [5.74, 6) is -0.138. The quantitative estimate of drug-likeness (QED) is 0.267. The van der Waals surface area contributed by atoms with E-state index >= 15 is 0 Å². The van der Waals surface area contributed by atoms with E-state index in [4.69, 9.17) is 21.3 Å². The topological polar surface area (TPSA) is 139 Å². The molecule has 1 fully saturated rings. The Bertz CT molecular complexity index is 1810. The Balaban J connectivity index is 1.37. The molecule has 0 bridgehead atoms. The maximum atomic E-state index is 12.9. The molecule has 1 aliphatic rings. The second-order valence-electron chi connectivity index (χ2n) is 10.9. The number of halogens is 1. The van der Waals surface area contributed by atoms with Gasteiger partial charge in [-0.15, -0.1) is 0 Å². The van der Waals surface area contributed by atoms with E-state index in [0.717, 1.165) is 26.9 Å². The highest BCUT2D eigenvalue weighted by atomic mass is 35.5. The van der Waals surface area contributed by atoms with Crippen LogP contribution in [0.3, 0.4) is 0 Å². The molecule has 45 heavy (non-hydrogen) atoms. The number of hydrogen-bond acceptors (Lipinski definition) is 8. The fourth-order valence-electron chi connectivity index (χ4n) is 5.50. The van der Waals surface area contributed by atoms with Crippen LogP contribution in [0.4, 0.5) is 5.69 Å². The zero-order valence-corrected chi connectivity index (χ0v) is 26.3. The van der Waals surface area contributed by atoms with Crippen LogP contribution in [0.2, 0.25) is 5.02 Å². The number of rotatable bonds is 8. The monoisotopic (exact) mass is 630 g/mol. The standard InChI is InChI=1S/C33H35ClN6O5/c1-19-22(7-6-10-26(19)37-31(43)25-13-15-36-39(3)33(25)44)23-8-5-9-24(30(23)34)27-12-11-21(32(38-27)45-4)17-35-28-14-16-40(20(2)41)18-29(28)42/h5-13,15,28-29,35,42H,14,16-18H2,1-4H3,(H,37,43)/t28-,29+/m1/s1. The first-order chi connectivity index (χ1) is 21.6. The van der Waals surface area contributed by atoms with Crippen LogP contribution in [0.25, 0.3) is 22.4 Å². The van der Waals surface area contributed by atoms with Gasteiger partial charge in [0.15, 0.2) is 0 Å². The maximum absolute atomic E-state index is 12.9. The minimum Gasteiger partial charge on any atom is -0.481 e. The second kappa shape index (κ2) is 13.6. The van der Waals surface area contributed by atoms with Crippen LogP contribution in [-0.2, 0) is 18.4 Å². The minimum atomic E-state index is -0.666. The molecule has 0 radical (unpaired) electrons. The average Bonchev–Trinajstić information content (AvgIpc) is 3.03. The van der Waals surface area contributed by atoms with Crippen molar-refractivity contribution in [3.05, 3.63) is 92.9 Å². The Morgan fingerprint density at radius 1 is 1.09 bits per heavy atom. The highest BCUT2D eigenvalue weighted by Gasteiger charge is 2.28. The number of carbonyl (C=O) groups excluding carboxylic acids is 2. The molecule has 2 aromatic heterocycles. The van der Waals surface area contributed by atoms with Crippen molar-refractivity contribution in [2.24, 2.45) is 7.05 Å². The van der Waals surface area contributed by atoms with Crippen molar-refractivity contribution in [1.29, 1.82) is 0 Å². The lowest BCUT2D eigenvalue weighted by molar-refractivity contribution is -0.132. The Labute approximate surface area is 265 Å². The van der Waals surface area contributed by atoms with Gasteiger partial charge in [0.25, 0.3) is 11.5 Å². The van der Waals surface area contributed by atoms with Gasteiger partial charge >= 0.3 is 0 Å². The fraction of sp³-hybridized carbons (Fsp3) is 0.303. The van der Waals surface area contributed by atoms with Crippen molar-refractivity contribution < 1.29 is 19.4 Å². The number of aliphatic hydroxyl groups is 1. The molecule has 3 N–H and O–H groups in total. The number of aryl methyl sites for hydroxylation is 1. The molecule has 2 atom stereocenters. The number of nitrogens with one attached hydrogen (secondary N) is 2. The third-order valence-electron chi connectivity index (χ3n) is 8.11. The van der Waals surface area contributed by atoms with Crippen LogP contribution in [0, 0.1) is 6.92 Å². The average molecular weight is 631 g/mol. The van der Waals surface area contributed by atoms with Gasteiger partial charge in [-0.05, 0) is 42.7 Å². The van der Waals surface area contributed by atoms with Crippen LogP contribution >= 0.6 is 11.6 Å². The molecule has 11 nitrogen and oxygen atoms in total. The number of ether oxygens (including phenoxy) is 1. The summed E-state index contributed by atoms with van der Waals surface area (Å²) in [6.07, 6.45) is 1.38. The van der Waals surface area contributed by atoms with E-state index < -0.39 is 17.6 Å². The van der Waals surface area contributed by atoms with Crippen molar-refractivity contribution >= 4 is 29.1 Å². The van der Waals surface area contributed by atoms with E-state index in [1.807, 2.05) is 49.4 Å². The normalized spacial score (nSPS) is 16.4. The smallest absolute Gasteiger partial charge is 0.279 e. The Kier molecular flexibility index (Phi) is 9.62. The molecule has 2 amide bonds. The van der Waals surface area contributed by atoms with E-state index in [1.165, 1.54) is 26.2 Å². The number of amides is 2. The summed E-state index contributed by atoms with van der Waals surface area (Å²) in [5.41, 5.74) is 4.52. The number of nitrogens with zero attached hydrogens (tertiary/aromatic N) is 4. The lowest BCUT2D eigenvalue weighted by Gasteiger charge is -2.36. The SMILES string of the molecule is COc1nc(-c2cccc(-c3cccc(NC(=O)c4ccnn(C)c4=O)c3C)c2Cl)ccc1CN[C@@H]1CCN(C(C)=O)C[C@@H]1O. The zero-order valence-electron chi connectivity index (χ0n) is 25.5. The zero-order chi connectivity index (χ0) is 32.2. The first kappa shape index (κ1) is 31.8. The molecule has 0 saturated carbocycles. The van der Waals surface area contributed by atoms with Gasteiger partial charge in [0.1, 0.15) is 5.56 Å². The molecule has 2 aromatic carbocycles. The van der Waals surface area contributed by atoms with Gasteiger partial charge < -0.3 is 25.4 Å². The maximum Gasteiger partial charge on any atom is 0.279 e. The van der Waals surface area contributed by atoms with Crippen molar-refractivity contribution in [2.75, 3.05) is 25.5 Å². The van der Waals surface area contributed by atoms with Crippen LogP contribution < -0.4 is 20.9 Å². The number of methoxy groups -OCH3 is 1. The molecule has 0 spiro atoms. The number of β-amino-alcohol motifs (C(OH)–C–C–N with tert-alkyl or cyclic N) is 1. The number of aromatic nitrogens is 3.